The molecule has 0 saturated carbocycles. The fourth-order valence-corrected chi connectivity index (χ4v) is 6.11. The number of fused-ring (bicyclic) bond motifs is 1. The van der Waals surface area contributed by atoms with E-state index in [1.807, 2.05) is 0 Å². The molecule has 174 valence electrons. The predicted octanol–water partition coefficient (Wildman–Crippen LogP) is -0.779. The monoisotopic (exact) mass is 504 g/mol. The number of rotatable bonds is 10. The molecule has 3 N–H and O–H groups in total. The van der Waals surface area contributed by atoms with Gasteiger partial charge in [0.1, 0.15) is 11.1 Å². The van der Waals surface area contributed by atoms with Crippen molar-refractivity contribution in [3.63, 3.8) is 0 Å². The lowest BCUT2D eigenvalue weighted by molar-refractivity contribution is -0.192. The van der Waals surface area contributed by atoms with Gasteiger partial charge in [-0.3, -0.25) is 19.3 Å². The number of carboxylic acids is 2. The van der Waals surface area contributed by atoms with Crippen LogP contribution in [-0.4, -0.2) is 99.8 Å². The van der Waals surface area contributed by atoms with Gasteiger partial charge < -0.3 is 20.3 Å². The Morgan fingerprint density at radius 2 is 2.12 bits per heavy atom. The van der Waals surface area contributed by atoms with Crippen LogP contribution < -0.4 is 5.32 Å². The van der Waals surface area contributed by atoms with Crippen LogP contribution in [0.1, 0.15) is 6.92 Å². The standard InChI is InChI=1S/C16H20N6O7S3/c1-7(11(24)25)30-6-9(23)17-16(29-3)13(28)22-10(12(26)27)8(4-31-14(16)22)5-32-15-18-19-20-21(15)2/h7,14H,4-6H2,1-3H3,(H,17,23)(H,24,25)(H,26,27)/t7?,14-,16+/m1/s1. The maximum Gasteiger partial charge on any atom is 0.352 e. The number of ether oxygens (including phenoxy) is 1. The summed E-state index contributed by atoms with van der Waals surface area (Å²) in [5.41, 5.74) is -1.36. The van der Waals surface area contributed by atoms with Crippen molar-refractivity contribution in [2.24, 2.45) is 7.05 Å². The maximum absolute atomic E-state index is 13.0. The first-order valence-corrected chi connectivity index (χ1v) is 12.2. The summed E-state index contributed by atoms with van der Waals surface area (Å²) in [5, 5.41) is 31.3. The van der Waals surface area contributed by atoms with E-state index in [2.05, 4.69) is 20.8 Å². The first-order valence-electron chi connectivity index (χ1n) is 9.08. The zero-order valence-electron chi connectivity index (χ0n) is 17.2. The number of nitrogens with zero attached hydrogens (tertiary/aromatic N) is 5. The Bertz CT molecular complexity index is 985. The van der Waals surface area contributed by atoms with Gasteiger partial charge >= 0.3 is 11.9 Å². The number of carboxylic acid groups (broad SMARTS) is 2. The van der Waals surface area contributed by atoms with E-state index < -0.39 is 40.1 Å². The van der Waals surface area contributed by atoms with Gasteiger partial charge in [0.15, 0.2) is 0 Å². The summed E-state index contributed by atoms with van der Waals surface area (Å²) in [7, 11) is 2.91. The molecule has 3 rings (SSSR count). The number of aliphatic carboxylic acids is 2. The molecule has 1 aromatic rings. The van der Waals surface area contributed by atoms with Crippen molar-refractivity contribution in [2.75, 3.05) is 24.4 Å². The van der Waals surface area contributed by atoms with Gasteiger partial charge in [-0.2, -0.15) is 0 Å². The van der Waals surface area contributed by atoms with E-state index in [4.69, 9.17) is 9.84 Å². The molecule has 3 heterocycles. The summed E-state index contributed by atoms with van der Waals surface area (Å²) in [4.78, 5) is 49.4. The van der Waals surface area contributed by atoms with Crippen molar-refractivity contribution < 1.29 is 34.1 Å². The zero-order valence-corrected chi connectivity index (χ0v) is 19.6. The number of β-lactam (4-membered cyclic amide) rings is 1. The highest BCUT2D eigenvalue weighted by molar-refractivity contribution is 8.01. The van der Waals surface area contributed by atoms with Gasteiger partial charge in [0.2, 0.25) is 11.1 Å². The Labute approximate surface area is 194 Å². The number of carbonyl (C=O) groups is 4. The van der Waals surface area contributed by atoms with Crippen molar-refractivity contribution in [1.29, 1.82) is 0 Å². The highest BCUT2D eigenvalue weighted by Gasteiger charge is 2.66. The Morgan fingerprint density at radius 3 is 2.69 bits per heavy atom. The van der Waals surface area contributed by atoms with E-state index >= 15 is 0 Å². The minimum atomic E-state index is -1.72. The summed E-state index contributed by atoms with van der Waals surface area (Å²) in [6, 6.07) is 0. The van der Waals surface area contributed by atoms with E-state index in [0.29, 0.717) is 16.5 Å². The van der Waals surface area contributed by atoms with Gasteiger partial charge in [0, 0.05) is 25.7 Å². The van der Waals surface area contributed by atoms with E-state index in [1.54, 1.807) is 7.05 Å². The molecular formula is C16H20N6O7S3. The van der Waals surface area contributed by atoms with Gasteiger partial charge in [-0.05, 0) is 22.9 Å². The fraction of sp³-hybridized carbons (Fsp3) is 0.562. The van der Waals surface area contributed by atoms with E-state index in [0.717, 1.165) is 16.7 Å². The molecular weight excluding hydrogens is 484 g/mol. The van der Waals surface area contributed by atoms with Crippen LogP contribution in [-0.2, 0) is 31.0 Å². The number of methoxy groups -OCH3 is 1. The van der Waals surface area contributed by atoms with Crippen molar-refractivity contribution in [1.82, 2.24) is 30.4 Å². The second kappa shape index (κ2) is 9.68. The second-order valence-electron chi connectivity index (χ2n) is 6.75. The first kappa shape index (κ1) is 24.3. The van der Waals surface area contributed by atoms with E-state index in [9.17, 15) is 24.3 Å². The highest BCUT2D eigenvalue weighted by Crippen LogP contribution is 2.47. The van der Waals surface area contributed by atoms with Crippen LogP contribution in [0.25, 0.3) is 0 Å². The minimum Gasteiger partial charge on any atom is -0.480 e. The molecule has 32 heavy (non-hydrogen) atoms. The second-order valence-corrected chi connectivity index (χ2v) is 10.1. The highest BCUT2D eigenvalue weighted by atomic mass is 32.2. The molecule has 1 unspecified atom stereocenters. The van der Waals surface area contributed by atoms with Crippen LogP contribution in [0.5, 0.6) is 0 Å². The number of nitrogens with one attached hydrogen (secondary N) is 1. The van der Waals surface area contributed by atoms with Crippen LogP contribution in [0, 0.1) is 0 Å². The van der Waals surface area contributed by atoms with Gasteiger partial charge in [-0.1, -0.05) is 11.8 Å². The Morgan fingerprint density at radius 1 is 1.41 bits per heavy atom. The fourth-order valence-electron chi connectivity index (χ4n) is 3.06. The smallest absolute Gasteiger partial charge is 0.352 e. The van der Waals surface area contributed by atoms with E-state index in [1.165, 1.54) is 42.2 Å². The molecule has 0 aromatic carbocycles. The average molecular weight is 505 g/mol. The number of carbonyl (C=O) groups excluding carboxylic acids is 2. The molecule has 1 fully saturated rings. The summed E-state index contributed by atoms with van der Waals surface area (Å²) in [5.74, 6) is -3.26. The number of tetrazole rings is 1. The van der Waals surface area contributed by atoms with Crippen LogP contribution in [0.4, 0.5) is 0 Å². The first-order chi connectivity index (χ1) is 15.1. The number of aromatic nitrogens is 4. The molecule has 2 amide bonds. The molecule has 0 spiro atoms. The molecule has 1 aromatic heterocycles. The maximum atomic E-state index is 13.0. The number of aryl methyl sites for hydroxylation is 1. The van der Waals surface area contributed by atoms with Crippen LogP contribution in [0.2, 0.25) is 0 Å². The van der Waals surface area contributed by atoms with Crippen LogP contribution in [0.15, 0.2) is 16.4 Å². The van der Waals surface area contributed by atoms with Crippen molar-refractivity contribution in [3.05, 3.63) is 11.3 Å². The summed E-state index contributed by atoms with van der Waals surface area (Å²) >= 11 is 3.40. The zero-order chi connectivity index (χ0) is 23.6. The van der Waals surface area contributed by atoms with Crippen LogP contribution >= 0.6 is 35.3 Å². The van der Waals surface area contributed by atoms with Crippen molar-refractivity contribution >= 4 is 59.0 Å². The molecule has 13 nitrogen and oxygen atoms in total. The molecule has 1 saturated heterocycles. The Hall–Kier alpha value is -2.30. The third-order valence-electron chi connectivity index (χ3n) is 4.73. The number of hydrogen-bond donors (Lipinski definition) is 3. The van der Waals surface area contributed by atoms with Crippen LogP contribution in [0.3, 0.4) is 0 Å². The average Bonchev–Trinajstić information content (AvgIpc) is 3.17. The molecule has 3 atom stereocenters. The summed E-state index contributed by atoms with van der Waals surface area (Å²) in [6.07, 6.45) is 0. The third kappa shape index (κ3) is 4.44. The molecule has 2 aliphatic rings. The molecule has 16 heteroatoms. The molecule has 0 radical (unpaired) electrons. The third-order valence-corrected chi connectivity index (χ3v) is 8.33. The van der Waals surface area contributed by atoms with Gasteiger partial charge in [0.25, 0.3) is 11.6 Å². The molecule has 2 aliphatic heterocycles. The van der Waals surface area contributed by atoms with Crippen molar-refractivity contribution in [3.8, 4) is 0 Å². The number of thioether (sulfide) groups is 3. The summed E-state index contributed by atoms with van der Waals surface area (Å²) < 4.78 is 6.81. The Kier molecular flexibility index (Phi) is 7.36. The quantitative estimate of drug-likeness (QED) is 0.206. The number of hydrogen-bond acceptors (Lipinski definition) is 11. The summed E-state index contributed by atoms with van der Waals surface area (Å²) in [6.45, 7) is 1.44. The minimum absolute atomic E-state index is 0.155. The van der Waals surface area contributed by atoms with Crippen molar-refractivity contribution in [2.45, 2.75) is 28.4 Å². The predicted molar refractivity (Wildman–Crippen MR) is 115 cm³/mol. The SMILES string of the molecule is CO[C@@]1(NC(=O)CSC(C)C(=O)O)C(=O)N2C(C(=O)O)=C(CSc3nnnn3C)CS[C@@H]21. The largest absolute Gasteiger partial charge is 0.480 e. The topological polar surface area (TPSA) is 177 Å². The Balaban J connectivity index is 1.75. The number of amides is 2. The normalized spacial score (nSPS) is 23.4. The lowest BCUT2D eigenvalue weighted by atomic mass is 9.98. The lowest BCUT2D eigenvalue weighted by Gasteiger charge is -2.55. The van der Waals surface area contributed by atoms with Gasteiger partial charge in [-0.15, -0.1) is 28.6 Å². The molecule has 0 bridgehead atoms. The molecule has 0 aliphatic carbocycles. The van der Waals surface area contributed by atoms with E-state index in [-0.39, 0.29) is 17.2 Å². The van der Waals surface area contributed by atoms with Gasteiger partial charge in [0.05, 0.1) is 11.0 Å². The van der Waals surface area contributed by atoms with Gasteiger partial charge in [-0.25, -0.2) is 9.48 Å². The lowest BCUT2D eigenvalue weighted by Crippen LogP contribution is -2.80.